The van der Waals surface area contributed by atoms with Crippen molar-refractivity contribution in [2.75, 3.05) is 20.1 Å². The first-order valence-electron chi connectivity index (χ1n) is 10.4. The second-order valence-corrected chi connectivity index (χ2v) is 7.65. The van der Waals surface area contributed by atoms with Gasteiger partial charge >= 0.3 is 0 Å². The summed E-state index contributed by atoms with van der Waals surface area (Å²) in [7, 11) is 0. The third-order valence-corrected chi connectivity index (χ3v) is 5.63. The van der Waals surface area contributed by atoms with Crippen molar-refractivity contribution < 1.29 is 18.9 Å². The van der Waals surface area contributed by atoms with E-state index in [4.69, 9.17) is 18.9 Å². The molecule has 1 atom stereocenters. The van der Waals surface area contributed by atoms with Gasteiger partial charge in [0.05, 0.1) is 0 Å². The van der Waals surface area contributed by atoms with E-state index < -0.39 is 0 Å². The van der Waals surface area contributed by atoms with Crippen LogP contribution >= 0.6 is 12.4 Å². The molecule has 1 N–H and O–H groups in total. The molecule has 5 nitrogen and oxygen atoms in total. The Morgan fingerprint density at radius 1 is 0.710 bits per heavy atom. The molecule has 0 radical (unpaired) electrons. The number of hydrogen-bond donors (Lipinski definition) is 1. The van der Waals surface area contributed by atoms with Crippen molar-refractivity contribution in [3.05, 3.63) is 83.4 Å². The molecule has 0 saturated carbocycles. The maximum atomic E-state index is 5.60. The minimum absolute atomic E-state index is 0. The van der Waals surface area contributed by atoms with Crippen molar-refractivity contribution in [2.24, 2.45) is 0 Å². The van der Waals surface area contributed by atoms with Gasteiger partial charge in [0.2, 0.25) is 13.6 Å². The SMILES string of the molecule is Cl.c1ccc(CC(CCNCc2ccc3c(c2)OCO3)c2ccc3c(c2)OCO3)cc1. The molecule has 0 aliphatic carbocycles. The predicted molar refractivity (Wildman–Crippen MR) is 122 cm³/mol. The lowest BCUT2D eigenvalue weighted by Crippen LogP contribution is -2.18. The largest absolute Gasteiger partial charge is 0.454 e. The van der Waals surface area contributed by atoms with Crippen LogP contribution in [0.3, 0.4) is 0 Å². The third kappa shape index (κ3) is 5.06. The summed E-state index contributed by atoms with van der Waals surface area (Å²) >= 11 is 0. The van der Waals surface area contributed by atoms with E-state index in [2.05, 4.69) is 59.9 Å². The molecule has 0 bridgehead atoms. The third-order valence-electron chi connectivity index (χ3n) is 5.63. The Morgan fingerprint density at radius 2 is 1.39 bits per heavy atom. The standard InChI is InChI=1S/C25H25NO4.ClH/c1-2-4-18(5-3-1)12-21(20-7-9-23-25(14-20)30-17-28-23)10-11-26-15-19-6-8-22-24(13-19)29-16-27-22;/h1-9,13-14,21,26H,10-12,15-17H2;1H. The summed E-state index contributed by atoms with van der Waals surface area (Å²) in [6.45, 7) is 2.33. The minimum Gasteiger partial charge on any atom is -0.454 e. The fraction of sp³-hybridized carbons (Fsp3) is 0.280. The first-order chi connectivity index (χ1) is 14.8. The summed E-state index contributed by atoms with van der Waals surface area (Å²) in [6.07, 6.45) is 2.02. The molecule has 5 rings (SSSR count). The highest BCUT2D eigenvalue weighted by Gasteiger charge is 2.19. The summed E-state index contributed by atoms with van der Waals surface area (Å²) in [4.78, 5) is 0. The smallest absolute Gasteiger partial charge is 0.231 e. The number of ether oxygens (including phenoxy) is 4. The van der Waals surface area contributed by atoms with E-state index >= 15 is 0 Å². The molecular weight excluding hydrogens is 414 g/mol. The van der Waals surface area contributed by atoms with Crippen LogP contribution in [0.4, 0.5) is 0 Å². The topological polar surface area (TPSA) is 49.0 Å². The Labute approximate surface area is 188 Å². The average Bonchev–Trinajstić information content (AvgIpc) is 3.44. The van der Waals surface area contributed by atoms with Crippen LogP contribution in [0.15, 0.2) is 66.7 Å². The quantitative estimate of drug-likeness (QED) is 0.496. The normalized spacial score (nSPS) is 14.2. The number of hydrogen-bond acceptors (Lipinski definition) is 5. The Hall–Kier alpha value is -2.89. The monoisotopic (exact) mass is 439 g/mol. The average molecular weight is 440 g/mol. The van der Waals surface area contributed by atoms with Crippen LogP contribution < -0.4 is 24.3 Å². The summed E-state index contributed by atoms with van der Waals surface area (Å²) < 4.78 is 21.9. The van der Waals surface area contributed by atoms with Gasteiger partial charge in [0.25, 0.3) is 0 Å². The molecule has 0 aromatic heterocycles. The van der Waals surface area contributed by atoms with Crippen LogP contribution in [-0.2, 0) is 13.0 Å². The van der Waals surface area contributed by atoms with Gasteiger partial charge in [0, 0.05) is 6.54 Å². The van der Waals surface area contributed by atoms with Crippen LogP contribution in [0.25, 0.3) is 0 Å². The molecule has 2 aliphatic heterocycles. The van der Waals surface area contributed by atoms with Gasteiger partial charge in [-0.3, -0.25) is 0 Å². The molecule has 162 valence electrons. The Morgan fingerprint density at radius 3 is 2.16 bits per heavy atom. The Balaban J connectivity index is 0.00000231. The van der Waals surface area contributed by atoms with Crippen LogP contribution in [0.1, 0.15) is 29.0 Å². The van der Waals surface area contributed by atoms with Gasteiger partial charge in [-0.2, -0.15) is 0 Å². The molecule has 0 spiro atoms. The molecule has 2 aliphatic rings. The van der Waals surface area contributed by atoms with Gasteiger partial charge in [-0.15, -0.1) is 12.4 Å². The molecule has 0 fully saturated rings. The molecular formula is C25H26ClNO4. The second-order valence-electron chi connectivity index (χ2n) is 7.65. The van der Waals surface area contributed by atoms with Crippen LogP contribution in [0.5, 0.6) is 23.0 Å². The zero-order valence-electron chi connectivity index (χ0n) is 17.2. The number of halogens is 1. The van der Waals surface area contributed by atoms with Crippen LogP contribution in [0.2, 0.25) is 0 Å². The van der Waals surface area contributed by atoms with E-state index in [0.717, 1.165) is 48.9 Å². The van der Waals surface area contributed by atoms with Gasteiger partial charge < -0.3 is 24.3 Å². The van der Waals surface area contributed by atoms with Gasteiger partial charge in [-0.1, -0.05) is 42.5 Å². The fourth-order valence-corrected chi connectivity index (χ4v) is 4.01. The van der Waals surface area contributed by atoms with Gasteiger partial charge in [-0.25, -0.2) is 0 Å². The predicted octanol–water partition coefficient (Wildman–Crippen LogP) is 5.07. The maximum Gasteiger partial charge on any atom is 0.231 e. The van der Waals surface area contributed by atoms with Gasteiger partial charge in [0.1, 0.15) is 0 Å². The zero-order chi connectivity index (χ0) is 20.2. The number of fused-ring (bicyclic) bond motifs is 2. The van der Waals surface area contributed by atoms with Crippen molar-refractivity contribution in [1.82, 2.24) is 5.32 Å². The van der Waals surface area contributed by atoms with Crippen LogP contribution in [-0.4, -0.2) is 20.1 Å². The molecule has 0 saturated heterocycles. The molecule has 2 heterocycles. The van der Waals surface area contributed by atoms with E-state index in [1.807, 2.05) is 12.1 Å². The van der Waals surface area contributed by atoms with E-state index in [1.165, 1.54) is 16.7 Å². The van der Waals surface area contributed by atoms with E-state index in [1.54, 1.807) is 0 Å². The summed E-state index contributed by atoms with van der Waals surface area (Å²) in [5.41, 5.74) is 3.82. The molecule has 0 amide bonds. The minimum atomic E-state index is 0. The number of benzene rings is 3. The lowest BCUT2D eigenvalue weighted by molar-refractivity contribution is 0.173. The molecule has 31 heavy (non-hydrogen) atoms. The molecule has 6 heteroatoms. The van der Waals surface area contributed by atoms with Crippen LogP contribution in [0, 0.1) is 0 Å². The highest BCUT2D eigenvalue weighted by atomic mass is 35.5. The van der Waals surface area contributed by atoms with Crippen molar-refractivity contribution in [2.45, 2.75) is 25.3 Å². The Bertz CT molecular complexity index is 1010. The van der Waals surface area contributed by atoms with Crippen molar-refractivity contribution in [3.8, 4) is 23.0 Å². The maximum absolute atomic E-state index is 5.60. The molecule has 1 unspecified atom stereocenters. The summed E-state index contributed by atoms with van der Waals surface area (Å²) in [5.74, 6) is 3.73. The van der Waals surface area contributed by atoms with Crippen molar-refractivity contribution in [3.63, 3.8) is 0 Å². The molecule has 3 aromatic rings. The summed E-state index contributed by atoms with van der Waals surface area (Å²) in [6, 6.07) is 23.1. The van der Waals surface area contributed by atoms with Gasteiger partial charge in [0.15, 0.2) is 23.0 Å². The zero-order valence-corrected chi connectivity index (χ0v) is 18.0. The first kappa shape index (κ1) is 21.3. The number of nitrogens with one attached hydrogen (secondary N) is 1. The van der Waals surface area contributed by atoms with E-state index in [9.17, 15) is 0 Å². The first-order valence-corrected chi connectivity index (χ1v) is 10.4. The van der Waals surface area contributed by atoms with Crippen molar-refractivity contribution in [1.29, 1.82) is 0 Å². The fourth-order valence-electron chi connectivity index (χ4n) is 4.01. The van der Waals surface area contributed by atoms with Gasteiger partial charge in [-0.05, 0) is 66.3 Å². The van der Waals surface area contributed by atoms with E-state index in [0.29, 0.717) is 19.5 Å². The number of rotatable bonds is 8. The van der Waals surface area contributed by atoms with E-state index in [-0.39, 0.29) is 12.4 Å². The lowest BCUT2D eigenvalue weighted by Gasteiger charge is -2.19. The second kappa shape index (κ2) is 9.94. The Kier molecular flexibility index (Phi) is 6.85. The highest BCUT2D eigenvalue weighted by Crippen LogP contribution is 2.36. The lowest BCUT2D eigenvalue weighted by atomic mass is 9.89. The highest BCUT2D eigenvalue weighted by molar-refractivity contribution is 5.85. The molecule has 3 aromatic carbocycles. The van der Waals surface area contributed by atoms with Crippen molar-refractivity contribution >= 4 is 12.4 Å². The summed E-state index contributed by atoms with van der Waals surface area (Å²) in [5, 5.41) is 3.58.